The van der Waals surface area contributed by atoms with E-state index >= 15 is 0 Å². The number of thiophene rings is 1. The number of hydrogen-bond acceptors (Lipinski definition) is 2. The lowest BCUT2D eigenvalue weighted by molar-refractivity contribution is -0.0377. The van der Waals surface area contributed by atoms with Gasteiger partial charge in [0, 0.05) is 15.8 Å². The molecule has 0 radical (unpaired) electrons. The van der Waals surface area contributed by atoms with Crippen LogP contribution in [0, 0.1) is 5.41 Å². The number of rotatable bonds is 2. The highest BCUT2D eigenvalue weighted by Crippen LogP contribution is 2.43. The molecule has 1 aliphatic rings. The number of halogens is 1. The van der Waals surface area contributed by atoms with Gasteiger partial charge in [-0.25, -0.2) is 0 Å². The third-order valence-electron chi connectivity index (χ3n) is 3.48. The van der Waals surface area contributed by atoms with Gasteiger partial charge >= 0.3 is 0 Å². The molecule has 1 aromatic rings. The standard InChI is InChI=1S/C13H19BrOS/c1-12(2)5-3-6-13(15,9-12)8-11-10(14)4-7-16-11/h4,7,15H,3,5-6,8-9H2,1-2H3. The molecular weight excluding hydrogens is 284 g/mol. The number of aliphatic hydroxyl groups is 1. The van der Waals surface area contributed by atoms with Crippen LogP contribution in [0.4, 0.5) is 0 Å². The Morgan fingerprint density at radius 1 is 1.44 bits per heavy atom. The summed E-state index contributed by atoms with van der Waals surface area (Å²) in [6.45, 7) is 4.53. The molecule has 1 aliphatic carbocycles. The zero-order valence-electron chi connectivity index (χ0n) is 9.92. The second-order valence-corrected chi connectivity index (χ2v) is 7.64. The minimum Gasteiger partial charge on any atom is -0.389 e. The first-order valence-corrected chi connectivity index (χ1v) is 7.52. The average molecular weight is 303 g/mol. The van der Waals surface area contributed by atoms with Gasteiger partial charge in [-0.1, -0.05) is 20.3 Å². The Balaban J connectivity index is 2.11. The Labute approximate surface area is 110 Å². The molecule has 90 valence electrons. The van der Waals surface area contributed by atoms with Crippen molar-refractivity contribution in [3.8, 4) is 0 Å². The molecule has 1 heterocycles. The van der Waals surface area contributed by atoms with Crippen LogP contribution in [-0.2, 0) is 6.42 Å². The molecule has 1 aromatic heterocycles. The van der Waals surface area contributed by atoms with Crippen molar-refractivity contribution >= 4 is 27.3 Å². The molecule has 0 aromatic carbocycles. The quantitative estimate of drug-likeness (QED) is 0.859. The van der Waals surface area contributed by atoms with E-state index in [1.807, 2.05) is 0 Å². The molecule has 1 atom stereocenters. The highest BCUT2D eigenvalue weighted by atomic mass is 79.9. The maximum Gasteiger partial charge on any atom is 0.0701 e. The smallest absolute Gasteiger partial charge is 0.0701 e. The van der Waals surface area contributed by atoms with Crippen molar-refractivity contribution in [1.29, 1.82) is 0 Å². The minimum atomic E-state index is -0.491. The summed E-state index contributed by atoms with van der Waals surface area (Å²) < 4.78 is 1.15. The van der Waals surface area contributed by atoms with E-state index in [-0.39, 0.29) is 5.41 Å². The largest absolute Gasteiger partial charge is 0.389 e. The lowest BCUT2D eigenvalue weighted by Crippen LogP contribution is -2.40. The van der Waals surface area contributed by atoms with Crippen LogP contribution >= 0.6 is 27.3 Å². The molecule has 1 unspecified atom stereocenters. The highest BCUT2D eigenvalue weighted by molar-refractivity contribution is 9.10. The summed E-state index contributed by atoms with van der Waals surface area (Å²) in [7, 11) is 0. The topological polar surface area (TPSA) is 20.2 Å². The fraction of sp³-hybridized carbons (Fsp3) is 0.692. The predicted molar refractivity (Wildman–Crippen MR) is 72.9 cm³/mol. The molecular formula is C13H19BrOS. The molecule has 1 nitrogen and oxygen atoms in total. The van der Waals surface area contributed by atoms with Gasteiger partial charge in [-0.05, 0) is 52.1 Å². The summed E-state index contributed by atoms with van der Waals surface area (Å²) in [5, 5.41) is 12.8. The van der Waals surface area contributed by atoms with Crippen LogP contribution in [0.5, 0.6) is 0 Å². The van der Waals surface area contributed by atoms with E-state index in [0.29, 0.717) is 0 Å². The van der Waals surface area contributed by atoms with Gasteiger partial charge in [0.15, 0.2) is 0 Å². The number of hydrogen-bond donors (Lipinski definition) is 1. The molecule has 0 spiro atoms. The Morgan fingerprint density at radius 3 is 2.75 bits per heavy atom. The Kier molecular flexibility index (Phi) is 3.49. The van der Waals surface area contributed by atoms with Gasteiger partial charge in [0.2, 0.25) is 0 Å². The van der Waals surface area contributed by atoms with E-state index in [4.69, 9.17) is 0 Å². The summed E-state index contributed by atoms with van der Waals surface area (Å²) >= 11 is 5.28. The van der Waals surface area contributed by atoms with Gasteiger partial charge in [0.1, 0.15) is 0 Å². The maximum atomic E-state index is 10.7. The van der Waals surface area contributed by atoms with Crippen LogP contribution in [-0.4, -0.2) is 10.7 Å². The van der Waals surface area contributed by atoms with E-state index in [0.717, 1.165) is 30.2 Å². The third-order valence-corrected chi connectivity index (χ3v) is 5.41. The molecule has 1 N–H and O–H groups in total. The van der Waals surface area contributed by atoms with Crippen LogP contribution < -0.4 is 0 Å². The zero-order valence-corrected chi connectivity index (χ0v) is 12.3. The highest BCUT2D eigenvalue weighted by Gasteiger charge is 2.38. The fourth-order valence-corrected chi connectivity index (χ4v) is 4.49. The Bertz CT molecular complexity index is 372. The van der Waals surface area contributed by atoms with Gasteiger partial charge < -0.3 is 5.11 Å². The second kappa shape index (κ2) is 4.43. The molecule has 16 heavy (non-hydrogen) atoms. The van der Waals surface area contributed by atoms with Crippen LogP contribution in [0.15, 0.2) is 15.9 Å². The van der Waals surface area contributed by atoms with Gasteiger partial charge in [-0.3, -0.25) is 0 Å². The van der Waals surface area contributed by atoms with E-state index in [9.17, 15) is 5.11 Å². The summed E-state index contributed by atoms with van der Waals surface area (Å²) in [5.41, 5.74) is -0.203. The van der Waals surface area contributed by atoms with Crippen molar-refractivity contribution in [1.82, 2.24) is 0 Å². The predicted octanol–water partition coefficient (Wildman–Crippen LogP) is 4.38. The van der Waals surface area contributed by atoms with Crippen molar-refractivity contribution in [3.63, 3.8) is 0 Å². The Morgan fingerprint density at radius 2 is 2.19 bits per heavy atom. The second-order valence-electron chi connectivity index (χ2n) is 5.79. The van der Waals surface area contributed by atoms with E-state index in [1.54, 1.807) is 11.3 Å². The Hall–Kier alpha value is 0.140. The van der Waals surface area contributed by atoms with E-state index in [2.05, 4.69) is 41.2 Å². The van der Waals surface area contributed by atoms with E-state index < -0.39 is 5.60 Å². The van der Waals surface area contributed by atoms with Crippen molar-refractivity contribution in [2.45, 2.75) is 51.6 Å². The molecule has 0 bridgehead atoms. The first kappa shape index (κ1) is 12.6. The van der Waals surface area contributed by atoms with Crippen molar-refractivity contribution < 1.29 is 5.11 Å². The van der Waals surface area contributed by atoms with Crippen LogP contribution in [0.2, 0.25) is 0 Å². The SMILES string of the molecule is CC1(C)CCCC(O)(Cc2sccc2Br)C1. The summed E-state index contributed by atoms with van der Waals surface area (Å²) in [6.07, 6.45) is 5.05. The molecule has 0 saturated heterocycles. The van der Waals surface area contributed by atoms with Gasteiger partial charge in [0.25, 0.3) is 0 Å². The zero-order chi connectivity index (χ0) is 11.8. The van der Waals surface area contributed by atoms with E-state index in [1.165, 1.54) is 11.3 Å². The lowest BCUT2D eigenvalue weighted by atomic mass is 9.68. The summed E-state index contributed by atoms with van der Waals surface area (Å²) in [6, 6.07) is 2.07. The van der Waals surface area contributed by atoms with Crippen LogP contribution in [0.25, 0.3) is 0 Å². The molecule has 1 fully saturated rings. The van der Waals surface area contributed by atoms with Crippen LogP contribution in [0.3, 0.4) is 0 Å². The fourth-order valence-electron chi connectivity index (χ4n) is 2.86. The molecule has 1 saturated carbocycles. The molecule has 0 aliphatic heterocycles. The summed E-state index contributed by atoms with van der Waals surface area (Å²) in [5.74, 6) is 0. The van der Waals surface area contributed by atoms with Gasteiger partial charge in [-0.15, -0.1) is 11.3 Å². The lowest BCUT2D eigenvalue weighted by Gasteiger charge is -2.41. The third kappa shape index (κ3) is 2.88. The molecule has 3 heteroatoms. The molecule has 0 amide bonds. The monoisotopic (exact) mass is 302 g/mol. The van der Waals surface area contributed by atoms with Gasteiger partial charge in [-0.2, -0.15) is 0 Å². The summed E-state index contributed by atoms with van der Waals surface area (Å²) in [4.78, 5) is 1.28. The first-order valence-electron chi connectivity index (χ1n) is 5.85. The molecule has 2 rings (SSSR count). The minimum absolute atomic E-state index is 0.288. The first-order chi connectivity index (χ1) is 7.40. The van der Waals surface area contributed by atoms with Crippen LogP contribution in [0.1, 0.15) is 44.4 Å². The van der Waals surface area contributed by atoms with Crippen molar-refractivity contribution in [3.05, 3.63) is 20.8 Å². The van der Waals surface area contributed by atoms with Gasteiger partial charge in [0.05, 0.1) is 5.60 Å². The van der Waals surface area contributed by atoms with Crippen molar-refractivity contribution in [2.24, 2.45) is 5.41 Å². The average Bonchev–Trinajstić information content (AvgIpc) is 2.48. The van der Waals surface area contributed by atoms with Crippen molar-refractivity contribution in [2.75, 3.05) is 0 Å². The normalized spacial score (nSPS) is 29.2. The maximum absolute atomic E-state index is 10.7.